The lowest BCUT2D eigenvalue weighted by Crippen LogP contribution is -2.28. The van der Waals surface area contributed by atoms with E-state index < -0.39 is 0 Å². The van der Waals surface area contributed by atoms with Crippen molar-refractivity contribution in [3.05, 3.63) is 64.7 Å². The third-order valence-corrected chi connectivity index (χ3v) is 3.59. The van der Waals surface area contributed by atoms with Crippen molar-refractivity contribution in [1.29, 1.82) is 0 Å². The third kappa shape index (κ3) is 7.01. The molecule has 0 aliphatic carbocycles. The van der Waals surface area contributed by atoms with Gasteiger partial charge in [0.2, 0.25) is 0 Å². The topological polar surface area (TPSA) is 53.5 Å². The molecule has 124 valence electrons. The van der Waals surface area contributed by atoms with E-state index in [1.807, 2.05) is 36.4 Å². The van der Waals surface area contributed by atoms with E-state index in [-0.39, 0.29) is 6.61 Å². The number of aliphatic hydroxyl groups is 1. The van der Waals surface area contributed by atoms with Crippen LogP contribution in [0.4, 0.5) is 0 Å². The highest BCUT2D eigenvalue weighted by molar-refractivity contribution is 6.30. The van der Waals surface area contributed by atoms with E-state index in [2.05, 4.69) is 22.8 Å². The number of hydrogen-bond acceptors (Lipinski definition) is 4. The molecule has 0 unspecified atom stereocenters. The number of nitrogens with one attached hydrogen (secondary N) is 2. The summed E-state index contributed by atoms with van der Waals surface area (Å²) >= 11 is 5.86. The zero-order valence-corrected chi connectivity index (χ0v) is 13.9. The minimum absolute atomic E-state index is 0.178. The van der Waals surface area contributed by atoms with Gasteiger partial charge in [-0.25, -0.2) is 0 Å². The Balaban J connectivity index is 1.68. The third-order valence-electron chi connectivity index (χ3n) is 3.34. The van der Waals surface area contributed by atoms with Crippen LogP contribution in [0.5, 0.6) is 5.75 Å². The summed E-state index contributed by atoms with van der Waals surface area (Å²) in [5, 5.41) is 15.9. The molecule has 5 heteroatoms. The van der Waals surface area contributed by atoms with Crippen molar-refractivity contribution < 1.29 is 9.84 Å². The van der Waals surface area contributed by atoms with Gasteiger partial charge in [0.05, 0.1) is 6.61 Å². The molecular formula is C18H23ClN2O2. The minimum atomic E-state index is 0.178. The average molecular weight is 335 g/mol. The molecule has 0 bridgehead atoms. The summed E-state index contributed by atoms with van der Waals surface area (Å²) in [6, 6.07) is 15.7. The maximum Gasteiger partial charge on any atom is 0.119 e. The fourth-order valence-corrected chi connectivity index (χ4v) is 2.19. The number of benzene rings is 2. The fraction of sp³-hybridized carbons (Fsp3) is 0.333. The first kappa shape index (κ1) is 17.8. The molecule has 2 aromatic carbocycles. The molecule has 0 saturated carbocycles. The van der Waals surface area contributed by atoms with Crippen molar-refractivity contribution in [2.45, 2.75) is 13.2 Å². The standard InChI is InChI=1S/C18H23ClN2O2/c19-17-5-1-16(2-6-17)14-23-18-7-3-15(4-8-18)13-21-10-9-20-11-12-22/h1-8,20-22H,9-14H2. The highest BCUT2D eigenvalue weighted by Crippen LogP contribution is 2.15. The molecule has 0 fully saturated rings. The SMILES string of the molecule is OCCNCCNCc1ccc(OCc2ccc(Cl)cc2)cc1. The molecule has 0 heterocycles. The van der Waals surface area contributed by atoms with Gasteiger partial charge in [0.25, 0.3) is 0 Å². The molecule has 0 radical (unpaired) electrons. The lowest BCUT2D eigenvalue weighted by Gasteiger charge is -2.09. The van der Waals surface area contributed by atoms with Gasteiger partial charge in [0.1, 0.15) is 12.4 Å². The van der Waals surface area contributed by atoms with Crippen LogP contribution in [0, 0.1) is 0 Å². The summed E-state index contributed by atoms with van der Waals surface area (Å²) in [5.41, 5.74) is 2.31. The lowest BCUT2D eigenvalue weighted by molar-refractivity contribution is 0.292. The van der Waals surface area contributed by atoms with E-state index >= 15 is 0 Å². The molecule has 3 N–H and O–H groups in total. The van der Waals surface area contributed by atoms with Crippen molar-refractivity contribution in [2.75, 3.05) is 26.2 Å². The van der Waals surface area contributed by atoms with Crippen molar-refractivity contribution in [2.24, 2.45) is 0 Å². The Morgan fingerprint density at radius 1 is 0.826 bits per heavy atom. The van der Waals surface area contributed by atoms with E-state index in [1.165, 1.54) is 5.56 Å². The van der Waals surface area contributed by atoms with Crippen LogP contribution in [0.3, 0.4) is 0 Å². The molecule has 0 amide bonds. The second-order valence-electron chi connectivity index (χ2n) is 5.21. The molecule has 0 spiro atoms. The van der Waals surface area contributed by atoms with Crippen molar-refractivity contribution in [3.63, 3.8) is 0 Å². The van der Waals surface area contributed by atoms with Crippen LogP contribution in [-0.2, 0) is 13.2 Å². The second-order valence-corrected chi connectivity index (χ2v) is 5.65. The molecule has 0 saturated heterocycles. The van der Waals surface area contributed by atoms with E-state index in [0.717, 1.165) is 36.0 Å². The van der Waals surface area contributed by atoms with Gasteiger partial charge in [-0.1, -0.05) is 35.9 Å². The highest BCUT2D eigenvalue weighted by atomic mass is 35.5. The van der Waals surface area contributed by atoms with Gasteiger partial charge >= 0.3 is 0 Å². The van der Waals surface area contributed by atoms with Gasteiger partial charge < -0.3 is 20.5 Å². The van der Waals surface area contributed by atoms with Crippen LogP contribution in [0.2, 0.25) is 5.02 Å². The minimum Gasteiger partial charge on any atom is -0.489 e. The van der Waals surface area contributed by atoms with Gasteiger partial charge in [0, 0.05) is 31.2 Å². The molecular weight excluding hydrogens is 312 g/mol. The van der Waals surface area contributed by atoms with Gasteiger partial charge in [-0.3, -0.25) is 0 Å². The van der Waals surface area contributed by atoms with Crippen LogP contribution in [0.25, 0.3) is 0 Å². The first-order valence-electron chi connectivity index (χ1n) is 7.76. The summed E-state index contributed by atoms with van der Waals surface area (Å²) < 4.78 is 5.76. The van der Waals surface area contributed by atoms with Crippen molar-refractivity contribution >= 4 is 11.6 Å². The first-order valence-corrected chi connectivity index (χ1v) is 8.14. The van der Waals surface area contributed by atoms with E-state index in [0.29, 0.717) is 13.2 Å². The highest BCUT2D eigenvalue weighted by Gasteiger charge is 1.98. The Morgan fingerprint density at radius 2 is 1.48 bits per heavy atom. The number of halogens is 1. The Kier molecular flexibility index (Phi) is 7.90. The Labute approximate surface area is 142 Å². The zero-order chi connectivity index (χ0) is 16.3. The normalized spacial score (nSPS) is 10.7. The van der Waals surface area contributed by atoms with Crippen LogP contribution in [0.15, 0.2) is 48.5 Å². The Morgan fingerprint density at radius 3 is 2.17 bits per heavy atom. The average Bonchev–Trinajstić information content (AvgIpc) is 2.58. The maximum absolute atomic E-state index is 8.65. The lowest BCUT2D eigenvalue weighted by atomic mass is 10.2. The zero-order valence-electron chi connectivity index (χ0n) is 13.1. The fourth-order valence-electron chi connectivity index (χ4n) is 2.06. The smallest absolute Gasteiger partial charge is 0.119 e. The van der Waals surface area contributed by atoms with Crippen LogP contribution in [0.1, 0.15) is 11.1 Å². The van der Waals surface area contributed by atoms with Crippen LogP contribution >= 0.6 is 11.6 Å². The van der Waals surface area contributed by atoms with Gasteiger partial charge in [-0.15, -0.1) is 0 Å². The van der Waals surface area contributed by atoms with E-state index in [1.54, 1.807) is 0 Å². The molecule has 0 atom stereocenters. The molecule has 4 nitrogen and oxygen atoms in total. The molecule has 2 aromatic rings. The molecule has 23 heavy (non-hydrogen) atoms. The number of aliphatic hydroxyl groups excluding tert-OH is 1. The Bertz CT molecular complexity index is 558. The van der Waals surface area contributed by atoms with Crippen molar-refractivity contribution in [3.8, 4) is 5.75 Å². The second kappa shape index (κ2) is 10.2. The first-order chi connectivity index (χ1) is 11.3. The number of rotatable bonds is 10. The molecule has 0 aliphatic rings. The molecule has 0 aliphatic heterocycles. The van der Waals surface area contributed by atoms with Gasteiger partial charge in [-0.2, -0.15) is 0 Å². The maximum atomic E-state index is 8.65. The summed E-state index contributed by atoms with van der Waals surface area (Å²) in [5.74, 6) is 0.855. The predicted octanol–water partition coefficient (Wildman–Crippen LogP) is 2.59. The predicted molar refractivity (Wildman–Crippen MR) is 93.9 cm³/mol. The number of hydrogen-bond donors (Lipinski definition) is 3. The largest absolute Gasteiger partial charge is 0.489 e. The monoisotopic (exact) mass is 334 g/mol. The summed E-state index contributed by atoms with van der Waals surface area (Å²) in [7, 11) is 0. The molecule has 0 aromatic heterocycles. The quantitative estimate of drug-likeness (QED) is 0.585. The van der Waals surface area contributed by atoms with Crippen molar-refractivity contribution in [1.82, 2.24) is 10.6 Å². The molecule has 2 rings (SSSR count). The summed E-state index contributed by atoms with van der Waals surface area (Å²) in [6.45, 7) is 3.89. The van der Waals surface area contributed by atoms with Gasteiger partial charge in [0.15, 0.2) is 0 Å². The van der Waals surface area contributed by atoms with E-state index in [4.69, 9.17) is 21.4 Å². The number of ether oxygens (including phenoxy) is 1. The van der Waals surface area contributed by atoms with Gasteiger partial charge in [-0.05, 0) is 35.4 Å². The summed E-state index contributed by atoms with van der Waals surface area (Å²) in [4.78, 5) is 0. The van der Waals surface area contributed by atoms with E-state index in [9.17, 15) is 0 Å². The van der Waals surface area contributed by atoms with Crippen LogP contribution in [-0.4, -0.2) is 31.3 Å². The summed E-state index contributed by atoms with van der Waals surface area (Å²) in [6.07, 6.45) is 0. The Hall–Kier alpha value is -1.59. The van der Waals surface area contributed by atoms with Crippen LogP contribution < -0.4 is 15.4 Å².